The first kappa shape index (κ1) is 19.1. The Balaban J connectivity index is 1.78. The summed E-state index contributed by atoms with van der Waals surface area (Å²) in [6, 6.07) is 8.34. The van der Waals surface area contributed by atoms with Crippen LogP contribution in [-0.4, -0.2) is 41.0 Å². The molecule has 0 spiro atoms. The Bertz CT molecular complexity index is 851. The second-order valence-electron chi connectivity index (χ2n) is 6.89. The number of aromatic nitrogens is 1. The van der Waals surface area contributed by atoms with Crippen molar-refractivity contribution in [2.45, 2.75) is 33.6 Å². The van der Waals surface area contributed by atoms with Crippen LogP contribution >= 0.6 is 0 Å². The van der Waals surface area contributed by atoms with Crippen LogP contribution in [0.15, 0.2) is 30.3 Å². The van der Waals surface area contributed by atoms with Crippen molar-refractivity contribution in [3.05, 3.63) is 53.1 Å². The molecule has 1 aliphatic rings. The lowest BCUT2D eigenvalue weighted by Crippen LogP contribution is -2.40. The van der Waals surface area contributed by atoms with Crippen LogP contribution in [0.1, 0.15) is 41.5 Å². The molecular weight excluding hydrogens is 347 g/mol. The third-order valence-electron chi connectivity index (χ3n) is 5.16. The average molecular weight is 372 g/mol. The van der Waals surface area contributed by atoms with Crippen molar-refractivity contribution < 1.29 is 18.7 Å². The number of rotatable bonds is 4. The molecule has 3 rings (SSSR count). The maximum absolute atomic E-state index is 14.2. The van der Waals surface area contributed by atoms with Gasteiger partial charge in [0, 0.05) is 24.5 Å². The van der Waals surface area contributed by atoms with E-state index in [1.165, 1.54) is 6.07 Å². The van der Waals surface area contributed by atoms with Gasteiger partial charge in [0.2, 0.25) is 0 Å². The van der Waals surface area contributed by atoms with Crippen molar-refractivity contribution in [3.63, 3.8) is 0 Å². The predicted octanol–water partition coefficient (Wildman–Crippen LogP) is 3.65. The number of likely N-dealkylation sites (tertiary alicyclic amines) is 1. The summed E-state index contributed by atoms with van der Waals surface area (Å²) in [7, 11) is 0. The Morgan fingerprint density at radius 1 is 1.19 bits per heavy atom. The largest absolute Gasteiger partial charge is 0.466 e. The zero-order chi connectivity index (χ0) is 19.6. The topological polar surface area (TPSA) is 51.5 Å². The zero-order valence-electron chi connectivity index (χ0n) is 16.0. The monoisotopic (exact) mass is 372 g/mol. The molecule has 1 aliphatic heterocycles. The van der Waals surface area contributed by atoms with Crippen molar-refractivity contribution in [2.24, 2.45) is 5.92 Å². The van der Waals surface area contributed by atoms with Crippen LogP contribution in [0.3, 0.4) is 0 Å². The first-order chi connectivity index (χ1) is 12.9. The highest BCUT2D eigenvalue weighted by Gasteiger charge is 2.30. The minimum absolute atomic E-state index is 0.0759. The molecule has 6 heteroatoms. The number of piperidine rings is 1. The maximum Gasteiger partial charge on any atom is 0.309 e. The van der Waals surface area contributed by atoms with Crippen molar-refractivity contribution in [2.75, 3.05) is 19.7 Å². The quantitative estimate of drug-likeness (QED) is 0.770. The van der Waals surface area contributed by atoms with E-state index in [0.717, 1.165) is 11.4 Å². The molecule has 1 saturated heterocycles. The fraction of sp³-hybridized carbons (Fsp3) is 0.429. The van der Waals surface area contributed by atoms with Gasteiger partial charge in [0.25, 0.3) is 5.91 Å². The molecule has 1 aromatic carbocycles. The van der Waals surface area contributed by atoms with E-state index in [2.05, 4.69) is 0 Å². The minimum atomic E-state index is -0.325. The van der Waals surface area contributed by atoms with E-state index in [9.17, 15) is 14.0 Å². The van der Waals surface area contributed by atoms with Gasteiger partial charge in [-0.25, -0.2) is 4.39 Å². The highest BCUT2D eigenvalue weighted by Crippen LogP contribution is 2.26. The zero-order valence-corrected chi connectivity index (χ0v) is 16.0. The molecule has 2 aromatic rings. The van der Waals surface area contributed by atoms with E-state index in [1.807, 2.05) is 19.9 Å². The van der Waals surface area contributed by atoms with Crippen molar-refractivity contribution >= 4 is 11.9 Å². The molecule has 0 unspecified atom stereocenters. The molecule has 0 saturated carbocycles. The standard InChI is InChI=1S/C21H25FN2O3/c1-4-27-21(26)16-9-11-23(12-10-16)20(25)17-13-14(2)24(15(17)3)19-8-6-5-7-18(19)22/h5-8,13,16H,4,9-12H2,1-3H3. The number of carbonyl (C=O) groups excluding carboxylic acids is 2. The highest BCUT2D eigenvalue weighted by molar-refractivity contribution is 5.96. The van der Waals surface area contributed by atoms with E-state index in [0.29, 0.717) is 43.8 Å². The number of amides is 1. The fourth-order valence-corrected chi connectivity index (χ4v) is 3.73. The minimum Gasteiger partial charge on any atom is -0.466 e. The number of halogens is 1. The van der Waals surface area contributed by atoms with E-state index >= 15 is 0 Å². The van der Waals surface area contributed by atoms with Gasteiger partial charge in [-0.2, -0.15) is 0 Å². The summed E-state index contributed by atoms with van der Waals surface area (Å²) in [5.41, 5.74) is 2.54. The van der Waals surface area contributed by atoms with Gasteiger partial charge in [-0.15, -0.1) is 0 Å². The molecule has 1 aromatic heterocycles. The maximum atomic E-state index is 14.2. The van der Waals surface area contributed by atoms with Gasteiger partial charge in [0.15, 0.2) is 0 Å². The molecule has 27 heavy (non-hydrogen) atoms. The molecule has 0 N–H and O–H groups in total. The van der Waals surface area contributed by atoms with Crippen LogP contribution in [0, 0.1) is 25.6 Å². The van der Waals surface area contributed by atoms with Crippen LogP contribution in [0.4, 0.5) is 4.39 Å². The van der Waals surface area contributed by atoms with Crippen molar-refractivity contribution in [1.29, 1.82) is 0 Å². The Hall–Kier alpha value is -2.63. The second kappa shape index (κ2) is 7.94. The van der Waals surface area contributed by atoms with Gasteiger partial charge in [0.1, 0.15) is 5.82 Å². The van der Waals surface area contributed by atoms with Crippen LogP contribution in [0.2, 0.25) is 0 Å². The Morgan fingerprint density at radius 3 is 2.48 bits per heavy atom. The lowest BCUT2D eigenvalue weighted by molar-refractivity contribution is -0.149. The normalized spacial score (nSPS) is 15.0. The van der Waals surface area contributed by atoms with Gasteiger partial charge in [-0.1, -0.05) is 12.1 Å². The van der Waals surface area contributed by atoms with E-state index < -0.39 is 0 Å². The number of aryl methyl sites for hydroxylation is 1. The number of hydrogen-bond donors (Lipinski definition) is 0. The lowest BCUT2D eigenvalue weighted by Gasteiger charge is -2.31. The van der Waals surface area contributed by atoms with Gasteiger partial charge < -0.3 is 14.2 Å². The average Bonchev–Trinajstić information content (AvgIpc) is 2.96. The fourth-order valence-electron chi connectivity index (χ4n) is 3.73. The molecule has 1 amide bonds. The number of hydrogen-bond acceptors (Lipinski definition) is 3. The van der Waals surface area contributed by atoms with E-state index in [1.54, 1.807) is 34.6 Å². The van der Waals surface area contributed by atoms with Crippen LogP contribution in [0.5, 0.6) is 0 Å². The summed E-state index contributed by atoms with van der Waals surface area (Å²) in [5, 5.41) is 0. The summed E-state index contributed by atoms with van der Waals surface area (Å²) in [6.07, 6.45) is 1.22. The third kappa shape index (κ3) is 3.75. The highest BCUT2D eigenvalue weighted by atomic mass is 19.1. The molecular formula is C21H25FN2O3. The van der Waals surface area contributed by atoms with Gasteiger partial charge in [-0.3, -0.25) is 9.59 Å². The molecule has 0 radical (unpaired) electrons. The Kier molecular flexibility index (Phi) is 5.63. The van der Waals surface area contributed by atoms with Crippen LogP contribution in [0.25, 0.3) is 5.69 Å². The summed E-state index contributed by atoms with van der Waals surface area (Å²) in [6.45, 7) is 6.90. The van der Waals surface area contributed by atoms with Crippen LogP contribution < -0.4 is 0 Å². The molecule has 0 atom stereocenters. The lowest BCUT2D eigenvalue weighted by atomic mass is 9.96. The van der Waals surface area contributed by atoms with E-state index in [-0.39, 0.29) is 23.6 Å². The summed E-state index contributed by atoms with van der Waals surface area (Å²) in [4.78, 5) is 26.6. The molecule has 144 valence electrons. The smallest absolute Gasteiger partial charge is 0.309 e. The summed E-state index contributed by atoms with van der Waals surface area (Å²) >= 11 is 0. The number of ether oxygens (including phenoxy) is 1. The van der Waals surface area contributed by atoms with Gasteiger partial charge in [-0.05, 0) is 51.8 Å². The molecule has 2 heterocycles. The Morgan fingerprint density at radius 2 is 1.85 bits per heavy atom. The number of esters is 1. The number of nitrogens with zero attached hydrogens (tertiary/aromatic N) is 2. The SMILES string of the molecule is CCOC(=O)C1CCN(C(=O)c2cc(C)n(-c3ccccc3F)c2C)CC1. The second-order valence-corrected chi connectivity index (χ2v) is 6.89. The first-order valence-corrected chi connectivity index (χ1v) is 9.33. The predicted molar refractivity (Wildman–Crippen MR) is 100 cm³/mol. The number of carbonyl (C=O) groups is 2. The Labute approximate surface area is 158 Å². The summed E-state index contributed by atoms with van der Waals surface area (Å²) < 4.78 is 21.1. The number of benzene rings is 1. The van der Waals surface area contributed by atoms with E-state index in [4.69, 9.17) is 4.74 Å². The molecule has 0 bridgehead atoms. The summed E-state index contributed by atoms with van der Waals surface area (Å²) in [5.74, 6) is -0.719. The van der Waals surface area contributed by atoms with Gasteiger partial charge >= 0.3 is 5.97 Å². The van der Waals surface area contributed by atoms with Crippen molar-refractivity contribution in [3.8, 4) is 5.69 Å². The third-order valence-corrected chi connectivity index (χ3v) is 5.16. The van der Waals surface area contributed by atoms with Crippen LogP contribution in [-0.2, 0) is 9.53 Å². The van der Waals surface area contributed by atoms with Gasteiger partial charge in [0.05, 0.1) is 23.8 Å². The molecule has 5 nitrogen and oxygen atoms in total. The molecule has 0 aliphatic carbocycles. The number of para-hydroxylation sites is 1. The molecule has 1 fully saturated rings. The first-order valence-electron chi connectivity index (χ1n) is 9.33. The van der Waals surface area contributed by atoms with Crippen molar-refractivity contribution in [1.82, 2.24) is 9.47 Å².